The number of nitrogens with one attached hydrogen (secondary N) is 1. The van der Waals surface area contributed by atoms with Crippen LogP contribution < -0.4 is 5.56 Å². The first-order valence-corrected chi connectivity index (χ1v) is 13.2. The van der Waals surface area contributed by atoms with Gasteiger partial charge >= 0.3 is 0 Å². The topological polar surface area (TPSA) is 106 Å². The van der Waals surface area contributed by atoms with Crippen LogP contribution in [-0.4, -0.2) is 35.1 Å². The fourth-order valence-corrected chi connectivity index (χ4v) is 5.14. The van der Waals surface area contributed by atoms with Gasteiger partial charge in [0.25, 0.3) is 5.56 Å². The monoisotopic (exact) mass is 531 g/mol. The predicted molar refractivity (Wildman–Crippen MR) is 151 cm³/mol. The fourth-order valence-electron chi connectivity index (χ4n) is 5.14. The van der Waals surface area contributed by atoms with Crippen LogP contribution in [0.25, 0.3) is 10.9 Å². The Morgan fingerprint density at radius 2 is 1.77 bits per heavy atom. The molecule has 1 atom stereocenters. The predicted octanol–water partition coefficient (Wildman–Crippen LogP) is 4.96. The second kappa shape index (κ2) is 11.1. The Kier molecular flexibility index (Phi) is 7.03. The van der Waals surface area contributed by atoms with Gasteiger partial charge in [0, 0.05) is 29.9 Å². The van der Waals surface area contributed by atoms with Crippen LogP contribution in [-0.2, 0) is 19.6 Å². The average Bonchev–Trinajstić information content (AvgIpc) is 3.65. The van der Waals surface area contributed by atoms with Crippen LogP contribution in [0, 0.1) is 13.8 Å². The van der Waals surface area contributed by atoms with Crippen LogP contribution in [0.1, 0.15) is 45.4 Å². The number of benzene rings is 2. The van der Waals surface area contributed by atoms with Crippen molar-refractivity contribution in [3.63, 3.8) is 0 Å². The lowest BCUT2D eigenvalue weighted by molar-refractivity contribution is 0.179. The number of furan rings is 1. The maximum atomic E-state index is 13.9. The summed E-state index contributed by atoms with van der Waals surface area (Å²) in [5.41, 5.74) is 5.34. The third kappa shape index (κ3) is 5.19. The van der Waals surface area contributed by atoms with Crippen molar-refractivity contribution in [1.82, 2.24) is 35.1 Å². The molecule has 6 aromatic rings. The van der Waals surface area contributed by atoms with E-state index in [9.17, 15) is 4.79 Å². The zero-order chi connectivity index (χ0) is 27.5. The summed E-state index contributed by atoms with van der Waals surface area (Å²) in [7, 11) is 0. The van der Waals surface area contributed by atoms with Crippen LogP contribution in [0.5, 0.6) is 0 Å². The number of rotatable bonds is 9. The Morgan fingerprint density at radius 1 is 0.950 bits per heavy atom. The highest BCUT2D eigenvalue weighted by atomic mass is 16.3. The molecule has 0 saturated heterocycles. The van der Waals surface area contributed by atoms with Crippen LogP contribution in [0.3, 0.4) is 0 Å². The van der Waals surface area contributed by atoms with Gasteiger partial charge in [-0.25, -0.2) is 4.68 Å². The number of aryl methyl sites for hydroxylation is 2. The van der Waals surface area contributed by atoms with E-state index in [0.717, 1.165) is 38.9 Å². The van der Waals surface area contributed by atoms with E-state index in [2.05, 4.69) is 43.4 Å². The first-order valence-electron chi connectivity index (χ1n) is 13.2. The Labute approximate surface area is 231 Å². The molecule has 0 radical (unpaired) electrons. The summed E-state index contributed by atoms with van der Waals surface area (Å²) in [6.45, 7) is 5.43. The average molecular weight is 532 g/mol. The molecule has 4 heterocycles. The molecule has 9 nitrogen and oxygen atoms in total. The van der Waals surface area contributed by atoms with Crippen LogP contribution in [0.2, 0.25) is 0 Å². The zero-order valence-corrected chi connectivity index (χ0v) is 22.4. The molecule has 1 N–H and O–H groups in total. The van der Waals surface area contributed by atoms with Gasteiger partial charge in [0.2, 0.25) is 0 Å². The molecule has 0 unspecified atom stereocenters. The van der Waals surface area contributed by atoms with Gasteiger partial charge in [-0.2, -0.15) is 0 Å². The standard InChI is InChI=1S/C31H29N7O2/c1-21-12-13-22(2)28-26(21)16-27(31(39)33-28)29(30-34-35-36-38(30)19-23-8-4-3-5-9-23)37(20-25-11-7-15-40-25)18-24-10-6-14-32-17-24/h3-17,29H,18-20H2,1-2H3,(H,33,39)/t29-/m0/s1. The molecule has 2 aromatic carbocycles. The van der Waals surface area contributed by atoms with Crippen molar-refractivity contribution >= 4 is 10.9 Å². The summed E-state index contributed by atoms with van der Waals surface area (Å²) in [6.07, 6.45) is 5.23. The Morgan fingerprint density at radius 3 is 2.55 bits per heavy atom. The number of hydrogen-bond donors (Lipinski definition) is 1. The van der Waals surface area contributed by atoms with E-state index in [1.54, 1.807) is 17.1 Å². The molecule has 6 rings (SSSR count). The highest BCUT2D eigenvalue weighted by Gasteiger charge is 2.31. The summed E-state index contributed by atoms with van der Waals surface area (Å²) in [5.74, 6) is 1.33. The molecule has 0 bridgehead atoms. The van der Waals surface area contributed by atoms with E-state index in [1.165, 1.54) is 0 Å². The fraction of sp³-hybridized carbons (Fsp3) is 0.194. The minimum absolute atomic E-state index is 0.184. The lowest BCUT2D eigenvalue weighted by Gasteiger charge is -2.30. The van der Waals surface area contributed by atoms with Gasteiger partial charge in [-0.3, -0.25) is 14.7 Å². The second-order valence-corrected chi connectivity index (χ2v) is 9.97. The normalized spacial score (nSPS) is 12.3. The number of pyridine rings is 2. The molecule has 0 fully saturated rings. The molecule has 0 aliphatic heterocycles. The minimum Gasteiger partial charge on any atom is -0.468 e. The van der Waals surface area contributed by atoms with Crippen molar-refractivity contribution in [1.29, 1.82) is 0 Å². The number of aromatic amines is 1. The molecule has 0 aliphatic carbocycles. The van der Waals surface area contributed by atoms with E-state index in [0.29, 0.717) is 31.0 Å². The molecular formula is C31H29N7O2. The van der Waals surface area contributed by atoms with Gasteiger partial charge in [-0.1, -0.05) is 48.5 Å². The Balaban J connectivity index is 1.55. The van der Waals surface area contributed by atoms with Crippen LogP contribution in [0.4, 0.5) is 0 Å². The molecule has 4 aromatic heterocycles. The van der Waals surface area contributed by atoms with Crippen molar-refractivity contribution in [2.75, 3.05) is 0 Å². The number of tetrazole rings is 1. The van der Waals surface area contributed by atoms with E-state index in [4.69, 9.17) is 4.42 Å². The highest BCUT2D eigenvalue weighted by Crippen LogP contribution is 2.31. The van der Waals surface area contributed by atoms with Crippen molar-refractivity contribution in [3.8, 4) is 0 Å². The van der Waals surface area contributed by atoms with Crippen molar-refractivity contribution in [2.45, 2.75) is 39.5 Å². The summed E-state index contributed by atoms with van der Waals surface area (Å²) < 4.78 is 7.53. The molecule has 200 valence electrons. The van der Waals surface area contributed by atoms with E-state index < -0.39 is 6.04 Å². The molecule has 0 spiro atoms. The van der Waals surface area contributed by atoms with Gasteiger partial charge in [-0.15, -0.1) is 5.10 Å². The summed E-state index contributed by atoms with van der Waals surface area (Å²) >= 11 is 0. The van der Waals surface area contributed by atoms with Gasteiger partial charge in [0.1, 0.15) is 11.8 Å². The van der Waals surface area contributed by atoms with Gasteiger partial charge in [-0.05, 0) is 70.8 Å². The number of hydrogen-bond acceptors (Lipinski definition) is 7. The van der Waals surface area contributed by atoms with Crippen LogP contribution >= 0.6 is 0 Å². The van der Waals surface area contributed by atoms with Crippen LogP contribution in [0.15, 0.2) is 101 Å². The molecule has 9 heteroatoms. The maximum absolute atomic E-state index is 13.9. The molecular weight excluding hydrogens is 502 g/mol. The second-order valence-electron chi connectivity index (χ2n) is 9.97. The van der Waals surface area contributed by atoms with Gasteiger partial charge in [0.05, 0.1) is 24.9 Å². The zero-order valence-electron chi connectivity index (χ0n) is 22.4. The summed E-state index contributed by atoms with van der Waals surface area (Å²) in [4.78, 5) is 23.5. The van der Waals surface area contributed by atoms with Gasteiger partial charge in [0.15, 0.2) is 5.82 Å². The first kappa shape index (κ1) is 25.4. The largest absolute Gasteiger partial charge is 0.468 e. The molecule has 40 heavy (non-hydrogen) atoms. The van der Waals surface area contributed by atoms with E-state index in [1.807, 2.05) is 79.9 Å². The quantitative estimate of drug-likeness (QED) is 0.281. The third-order valence-electron chi connectivity index (χ3n) is 7.16. The number of H-pyrrole nitrogens is 1. The minimum atomic E-state index is -0.586. The van der Waals surface area contributed by atoms with Crippen molar-refractivity contribution in [3.05, 3.63) is 141 Å². The van der Waals surface area contributed by atoms with Gasteiger partial charge < -0.3 is 9.40 Å². The van der Waals surface area contributed by atoms with E-state index >= 15 is 0 Å². The summed E-state index contributed by atoms with van der Waals surface area (Å²) in [6, 6.07) is 23.2. The molecule has 0 amide bonds. The smallest absolute Gasteiger partial charge is 0.253 e. The number of fused-ring (bicyclic) bond motifs is 1. The number of aromatic nitrogens is 6. The maximum Gasteiger partial charge on any atom is 0.253 e. The lowest BCUT2D eigenvalue weighted by Crippen LogP contribution is -2.35. The Hall–Kier alpha value is -4.89. The highest BCUT2D eigenvalue weighted by molar-refractivity contribution is 5.85. The third-order valence-corrected chi connectivity index (χ3v) is 7.16. The summed E-state index contributed by atoms with van der Waals surface area (Å²) in [5, 5.41) is 13.9. The number of nitrogens with zero attached hydrogens (tertiary/aromatic N) is 6. The lowest BCUT2D eigenvalue weighted by atomic mass is 9.99. The first-order chi connectivity index (χ1) is 19.6. The molecule has 0 aliphatic rings. The SMILES string of the molecule is Cc1ccc(C)c2[nH]c(=O)c([C@@H](c3nnnn3Cc3ccccc3)N(Cc3cccnc3)Cc3ccco3)cc12. The Bertz CT molecular complexity index is 1780. The van der Waals surface area contributed by atoms with E-state index in [-0.39, 0.29) is 5.56 Å². The van der Waals surface area contributed by atoms with Crippen molar-refractivity contribution < 1.29 is 4.42 Å². The van der Waals surface area contributed by atoms with Crippen molar-refractivity contribution in [2.24, 2.45) is 0 Å². The molecule has 0 saturated carbocycles.